The minimum Gasteiger partial charge on any atom is -0.335 e. The first kappa shape index (κ1) is 24.6. The van der Waals surface area contributed by atoms with Crippen LogP contribution in [0, 0.1) is 18.2 Å². The number of amides is 2. The van der Waals surface area contributed by atoms with Crippen LogP contribution in [0.4, 0.5) is 4.39 Å². The Bertz CT molecular complexity index is 1640. The molecular weight excluding hydrogens is 517 g/mol. The van der Waals surface area contributed by atoms with Crippen LogP contribution in [0.3, 0.4) is 0 Å². The summed E-state index contributed by atoms with van der Waals surface area (Å²) < 4.78 is 14.7. The number of fused-ring (bicyclic) bond motifs is 1. The van der Waals surface area contributed by atoms with Crippen LogP contribution in [0.2, 0.25) is 5.02 Å². The van der Waals surface area contributed by atoms with Crippen molar-refractivity contribution < 1.29 is 14.0 Å². The summed E-state index contributed by atoms with van der Waals surface area (Å²) >= 11 is 7.56. The number of carbonyl (C=O) groups is 2. The number of benzene rings is 2. The van der Waals surface area contributed by atoms with Crippen molar-refractivity contribution in [2.45, 2.75) is 6.42 Å². The highest BCUT2D eigenvalue weighted by atomic mass is 35.5. The third kappa shape index (κ3) is 4.83. The first-order valence-electron chi connectivity index (χ1n) is 11.3. The summed E-state index contributed by atoms with van der Waals surface area (Å²) in [6.07, 6.45) is 5.56. The molecule has 1 aliphatic heterocycles. The van der Waals surface area contributed by atoms with Crippen LogP contribution < -0.4 is 5.56 Å². The smallest absolute Gasteiger partial charge is 0.273 e. The number of hydrogen-bond acceptors (Lipinski definition) is 6. The lowest BCUT2D eigenvalue weighted by atomic mass is 10.0. The quantitative estimate of drug-likeness (QED) is 0.404. The Morgan fingerprint density at radius 2 is 1.86 bits per heavy atom. The van der Waals surface area contributed by atoms with E-state index in [2.05, 4.69) is 21.1 Å². The fourth-order valence-electron chi connectivity index (χ4n) is 4.29. The topological polar surface area (TPSA) is 99.3 Å². The molecule has 0 saturated carbocycles. The molecule has 0 radical (unpaired) electrons. The fraction of sp³-hybridized carbons (Fsp3) is 0.192. The average molecular weight is 536 g/mol. The number of aromatic amines is 1. The Hall–Kier alpha value is -4.07. The van der Waals surface area contributed by atoms with Gasteiger partial charge in [-0.15, -0.1) is 17.8 Å². The van der Waals surface area contributed by atoms with E-state index in [4.69, 9.17) is 18.0 Å². The van der Waals surface area contributed by atoms with Gasteiger partial charge < -0.3 is 9.80 Å². The molecule has 0 bridgehead atoms. The second-order valence-electron chi connectivity index (χ2n) is 8.42. The maximum atomic E-state index is 14.7. The van der Waals surface area contributed by atoms with Crippen molar-refractivity contribution in [2.75, 3.05) is 26.2 Å². The molecule has 8 nitrogen and oxygen atoms in total. The molecule has 4 aromatic rings. The van der Waals surface area contributed by atoms with E-state index >= 15 is 0 Å². The zero-order chi connectivity index (χ0) is 26.1. The second kappa shape index (κ2) is 10.1. The van der Waals surface area contributed by atoms with Gasteiger partial charge in [0.25, 0.3) is 17.4 Å². The van der Waals surface area contributed by atoms with Crippen molar-refractivity contribution in [1.82, 2.24) is 25.0 Å². The molecule has 1 fully saturated rings. The first-order chi connectivity index (χ1) is 17.9. The maximum absolute atomic E-state index is 14.7. The van der Waals surface area contributed by atoms with Gasteiger partial charge in [0.2, 0.25) is 0 Å². The van der Waals surface area contributed by atoms with Crippen molar-refractivity contribution in [1.29, 1.82) is 0 Å². The van der Waals surface area contributed by atoms with E-state index in [0.29, 0.717) is 45.1 Å². The standard InChI is InChI=1S/C26H19ClFN5O3S/c1-2-22-29-21(14-37-22)26(36)33-10-8-32(9-11-33)25(35)17-12-15(6-7-19(17)28)13-20-23-16(24(34)31-30-20)4-3-5-18(23)27/h1,3-7,12,14H,8-11,13H2,(H,31,34). The van der Waals surface area contributed by atoms with Crippen molar-refractivity contribution in [3.63, 3.8) is 0 Å². The van der Waals surface area contributed by atoms with Gasteiger partial charge in [-0.2, -0.15) is 5.10 Å². The average Bonchev–Trinajstić information content (AvgIpc) is 3.40. The highest BCUT2D eigenvalue weighted by Gasteiger charge is 2.28. The third-order valence-corrected chi connectivity index (χ3v) is 7.26. The molecule has 186 valence electrons. The maximum Gasteiger partial charge on any atom is 0.273 e. The number of piperazine rings is 1. The van der Waals surface area contributed by atoms with Crippen molar-refractivity contribution in [2.24, 2.45) is 0 Å². The minimum absolute atomic E-state index is 0.0738. The largest absolute Gasteiger partial charge is 0.335 e. The monoisotopic (exact) mass is 535 g/mol. The summed E-state index contributed by atoms with van der Waals surface area (Å²) in [6.45, 7) is 1.09. The lowest BCUT2D eigenvalue weighted by Crippen LogP contribution is -2.50. The summed E-state index contributed by atoms with van der Waals surface area (Å²) in [5, 5.41) is 9.94. The molecule has 11 heteroatoms. The summed E-state index contributed by atoms with van der Waals surface area (Å²) in [5.74, 6) is 1.04. The van der Waals surface area contributed by atoms with E-state index in [-0.39, 0.29) is 42.2 Å². The molecule has 5 rings (SSSR count). The van der Waals surface area contributed by atoms with Gasteiger partial charge in [0, 0.05) is 43.4 Å². The molecule has 1 aliphatic rings. The van der Waals surface area contributed by atoms with E-state index in [0.717, 1.165) is 0 Å². The molecule has 0 spiro atoms. The minimum atomic E-state index is -0.645. The molecule has 0 aliphatic carbocycles. The summed E-state index contributed by atoms with van der Waals surface area (Å²) in [6, 6.07) is 9.29. The molecule has 0 unspecified atom stereocenters. The Morgan fingerprint density at radius 1 is 1.14 bits per heavy atom. The molecule has 3 heterocycles. The summed E-state index contributed by atoms with van der Waals surface area (Å²) in [4.78, 5) is 45.3. The number of nitrogens with zero attached hydrogens (tertiary/aromatic N) is 4. The van der Waals surface area contributed by atoms with E-state index in [1.54, 1.807) is 34.5 Å². The number of nitrogens with one attached hydrogen (secondary N) is 1. The predicted molar refractivity (Wildman–Crippen MR) is 138 cm³/mol. The van der Waals surface area contributed by atoms with Crippen molar-refractivity contribution in [3.8, 4) is 12.3 Å². The Morgan fingerprint density at radius 3 is 2.57 bits per heavy atom. The van der Waals surface area contributed by atoms with Crippen LogP contribution in [-0.4, -0.2) is 63.0 Å². The van der Waals surface area contributed by atoms with Crippen LogP contribution in [0.1, 0.15) is 37.1 Å². The third-order valence-electron chi connectivity index (χ3n) is 6.17. The molecule has 2 aromatic heterocycles. The Balaban J connectivity index is 1.32. The lowest BCUT2D eigenvalue weighted by Gasteiger charge is -2.34. The Kier molecular flexibility index (Phi) is 6.74. The van der Waals surface area contributed by atoms with Crippen molar-refractivity contribution >= 4 is 45.5 Å². The molecule has 1 saturated heterocycles. The zero-order valence-electron chi connectivity index (χ0n) is 19.3. The molecule has 1 N–H and O–H groups in total. The summed E-state index contributed by atoms with van der Waals surface area (Å²) in [7, 11) is 0. The number of hydrogen-bond donors (Lipinski definition) is 1. The van der Waals surface area contributed by atoms with Crippen LogP contribution in [-0.2, 0) is 6.42 Å². The first-order valence-corrected chi connectivity index (χ1v) is 12.6. The summed E-state index contributed by atoms with van der Waals surface area (Å²) in [5.41, 5.74) is 0.981. The number of carbonyl (C=O) groups excluding carboxylic acids is 2. The second-order valence-corrected chi connectivity index (χ2v) is 9.68. The number of halogens is 2. The van der Waals surface area contributed by atoms with E-state index in [9.17, 15) is 18.8 Å². The fourth-order valence-corrected chi connectivity index (χ4v) is 5.17. The van der Waals surface area contributed by atoms with Crippen LogP contribution in [0.15, 0.2) is 46.6 Å². The molecular formula is C26H19ClFN5O3S. The molecule has 37 heavy (non-hydrogen) atoms. The SMILES string of the molecule is C#Cc1nc(C(=O)N2CCN(C(=O)c3cc(Cc4n[nH]c(=O)c5cccc(Cl)c45)ccc3F)CC2)cs1. The highest BCUT2D eigenvalue weighted by molar-refractivity contribution is 7.10. The van der Waals surface area contributed by atoms with Crippen molar-refractivity contribution in [3.05, 3.63) is 90.5 Å². The number of rotatable bonds is 4. The highest BCUT2D eigenvalue weighted by Crippen LogP contribution is 2.26. The van der Waals surface area contributed by atoms with Gasteiger partial charge >= 0.3 is 0 Å². The Labute approximate surface area is 219 Å². The van der Waals surface area contributed by atoms with Gasteiger partial charge in [0.05, 0.1) is 21.7 Å². The van der Waals surface area contributed by atoms with Gasteiger partial charge in [0.15, 0.2) is 5.01 Å². The van der Waals surface area contributed by atoms with E-state index in [1.807, 2.05) is 0 Å². The van der Waals surface area contributed by atoms with Gasteiger partial charge in [-0.1, -0.05) is 23.7 Å². The number of aromatic nitrogens is 3. The normalized spacial score (nSPS) is 13.5. The van der Waals surface area contributed by atoms with Crippen LogP contribution in [0.25, 0.3) is 10.8 Å². The molecule has 2 amide bonds. The van der Waals surface area contributed by atoms with Gasteiger partial charge in [-0.3, -0.25) is 14.4 Å². The lowest BCUT2D eigenvalue weighted by molar-refractivity contribution is 0.0530. The predicted octanol–water partition coefficient (Wildman–Crippen LogP) is 3.34. The number of thiazole rings is 1. The van der Waals surface area contributed by atoms with Gasteiger partial charge in [-0.25, -0.2) is 14.5 Å². The van der Waals surface area contributed by atoms with Crippen LogP contribution in [0.5, 0.6) is 0 Å². The van der Waals surface area contributed by atoms with Crippen LogP contribution >= 0.6 is 22.9 Å². The van der Waals surface area contributed by atoms with Gasteiger partial charge in [0.1, 0.15) is 11.5 Å². The molecule has 2 aromatic carbocycles. The van der Waals surface area contributed by atoms with E-state index in [1.165, 1.54) is 28.4 Å². The molecule has 0 atom stereocenters. The van der Waals surface area contributed by atoms with E-state index < -0.39 is 11.7 Å². The number of terminal acetylenes is 1. The zero-order valence-corrected chi connectivity index (χ0v) is 20.9. The number of H-pyrrole nitrogens is 1. The van der Waals surface area contributed by atoms with Gasteiger partial charge in [-0.05, 0) is 35.7 Å².